The molecule has 14 atom stereocenters. The van der Waals surface area contributed by atoms with Crippen molar-refractivity contribution < 1.29 is 71.1 Å². The number of nitrogens with two attached hydrogens (primary N) is 1. The summed E-state index contributed by atoms with van der Waals surface area (Å²) in [4.78, 5) is 91.7. The predicted molar refractivity (Wildman–Crippen MR) is 307 cm³/mol. The molecule has 5 aliphatic carbocycles. The zero-order valence-corrected chi connectivity index (χ0v) is 48.9. The van der Waals surface area contributed by atoms with E-state index in [1.165, 1.54) is 26.0 Å². The lowest BCUT2D eigenvalue weighted by Gasteiger charge is -2.63. The van der Waals surface area contributed by atoms with Gasteiger partial charge in [-0.25, -0.2) is 13.6 Å². The SMILES string of the molecule is CCCC1O[C@@H]2C[C@H]3[C@@H]4C[C@H](F)C5=CC(=O)C=C[C@]5(C)[C@@]4(F)[C@@H](O)C[C@]3(C)[C@]2(C(=O)COc2ccc(NC(=O)OCc3ccc(NC(=O)[C@H](C)NC(=O)C(NC(=O)[C@H](N)CCCCNC(=O)COC4C#CCCCCC4)C(C)C)cc3)cc2)O1. The number of unbranched alkanes of at least 4 members (excludes halogenated alkanes) is 1. The molecule has 5 amide bonds. The molecular weight excluding hydrogens is 1090 g/mol. The largest absolute Gasteiger partial charge is 0.486 e. The quantitative estimate of drug-likeness (QED) is 0.0407. The molecular formula is C63H82F2N6O13. The molecule has 84 heavy (non-hydrogen) atoms. The number of aliphatic hydroxyl groups is 1. The van der Waals surface area contributed by atoms with Gasteiger partial charge in [-0.1, -0.05) is 64.7 Å². The van der Waals surface area contributed by atoms with Crippen molar-refractivity contribution in [2.24, 2.45) is 34.3 Å². The molecule has 1 heterocycles. The highest BCUT2D eigenvalue weighted by molar-refractivity contribution is 6.01. The van der Waals surface area contributed by atoms with Crippen molar-refractivity contribution in [3.05, 3.63) is 77.9 Å². The first-order valence-corrected chi connectivity index (χ1v) is 29.6. The van der Waals surface area contributed by atoms with Gasteiger partial charge in [-0.3, -0.25) is 34.1 Å². The maximum Gasteiger partial charge on any atom is 0.411 e. The summed E-state index contributed by atoms with van der Waals surface area (Å²) in [5.41, 5.74) is 0.840. The van der Waals surface area contributed by atoms with Crippen LogP contribution in [0.4, 0.5) is 25.0 Å². The van der Waals surface area contributed by atoms with Gasteiger partial charge in [-0.05, 0) is 150 Å². The number of carbonyl (C=O) groups is 7. The van der Waals surface area contributed by atoms with Gasteiger partial charge >= 0.3 is 6.09 Å². The van der Waals surface area contributed by atoms with Crippen molar-refractivity contribution >= 4 is 52.7 Å². The number of ether oxygens (including phenoxy) is 5. The van der Waals surface area contributed by atoms with Gasteiger partial charge in [0.2, 0.25) is 29.4 Å². The zero-order chi connectivity index (χ0) is 60.6. The van der Waals surface area contributed by atoms with Gasteiger partial charge in [0.15, 0.2) is 23.3 Å². The molecule has 0 spiro atoms. The maximum atomic E-state index is 17.9. The standard InChI is InChI=1S/C63H82F2N6O13/c1-7-15-54-83-52-32-45-46-31-48(64)47-30-42(72)27-28-60(47,5)62(46,65)50(73)33-61(45,6)63(52,84-54)51(74)35-80-44-25-23-41(24-26-44)70-59(79)82-34-39-19-21-40(22-20-39)69-56(76)38(4)68-58(78)55(37(2)3)71-57(77)49(66)18-13-14-29-67-53(75)36-81-43-16-11-9-8-10-12-17-43/h19-28,30,37-38,43,45-46,48-50,52,54-55,73H,7-11,13-16,18,29,31-36,66H2,1-6H3,(H,67,75)(H,68,78)(H,69,76)(H,70,79)(H,71,77)/t38-,43?,45-,46-,48-,49+,50-,52+,54?,55?,60-,61-,62-,63+/m0/s1. The van der Waals surface area contributed by atoms with Crippen LogP contribution in [-0.4, -0.2) is 126 Å². The summed E-state index contributed by atoms with van der Waals surface area (Å²) in [5, 5.41) is 25.5. The van der Waals surface area contributed by atoms with Crippen molar-refractivity contribution in [3.63, 3.8) is 0 Å². The van der Waals surface area contributed by atoms with Crippen molar-refractivity contribution in [3.8, 4) is 17.6 Å². The molecule has 4 fully saturated rings. The fraction of sp³-hybridized carbons (Fsp3) is 0.603. The lowest BCUT2D eigenvalue weighted by Crippen LogP contribution is -2.71. The number of Topliss-reactive ketones (excluding diaryl/α,β-unsaturated/α-hetero) is 1. The van der Waals surface area contributed by atoms with E-state index in [2.05, 4.69) is 38.4 Å². The lowest BCUT2D eigenvalue weighted by atomic mass is 9.44. The Hall–Kier alpha value is -6.57. The van der Waals surface area contributed by atoms with Gasteiger partial charge in [0, 0.05) is 41.1 Å². The number of carbonyl (C=O) groups excluding carboxylic acids is 7. The minimum atomic E-state index is -2.34. The third kappa shape index (κ3) is 13.6. The normalized spacial score (nSPS) is 30.4. The van der Waals surface area contributed by atoms with Gasteiger partial charge < -0.3 is 55.8 Å². The number of hydrogen-bond acceptors (Lipinski definition) is 14. The Morgan fingerprint density at radius 3 is 2.35 bits per heavy atom. The fourth-order valence-electron chi connectivity index (χ4n) is 13.4. The molecule has 21 heteroatoms. The number of nitrogens with one attached hydrogen (secondary N) is 5. The van der Waals surface area contributed by atoms with E-state index in [0.717, 1.165) is 38.2 Å². The van der Waals surface area contributed by atoms with E-state index in [0.29, 0.717) is 61.3 Å². The number of aliphatic hydroxyl groups excluding tert-OH is 1. The molecule has 19 nitrogen and oxygen atoms in total. The summed E-state index contributed by atoms with van der Waals surface area (Å²) < 4.78 is 64.2. The van der Waals surface area contributed by atoms with Gasteiger partial charge in [0.25, 0.3) is 0 Å². The second kappa shape index (κ2) is 27.2. The Balaban J connectivity index is 0.755. The van der Waals surface area contributed by atoms with E-state index in [1.807, 2.05) is 6.92 Å². The smallest absolute Gasteiger partial charge is 0.411 e. The van der Waals surface area contributed by atoms with Crippen LogP contribution in [0.15, 0.2) is 72.3 Å². The summed E-state index contributed by atoms with van der Waals surface area (Å²) >= 11 is 0. The highest BCUT2D eigenvalue weighted by atomic mass is 19.1. The van der Waals surface area contributed by atoms with E-state index in [4.69, 9.17) is 29.4 Å². The van der Waals surface area contributed by atoms with Gasteiger partial charge in [0.05, 0.1) is 18.2 Å². The van der Waals surface area contributed by atoms with E-state index in [1.54, 1.807) is 69.3 Å². The Morgan fingerprint density at radius 2 is 1.62 bits per heavy atom. The number of amides is 5. The van der Waals surface area contributed by atoms with Crippen LogP contribution < -0.4 is 37.1 Å². The van der Waals surface area contributed by atoms with Gasteiger partial charge in [0.1, 0.15) is 49.9 Å². The van der Waals surface area contributed by atoms with Crippen LogP contribution in [0.1, 0.15) is 131 Å². The van der Waals surface area contributed by atoms with Crippen LogP contribution in [0.25, 0.3) is 0 Å². The summed E-state index contributed by atoms with van der Waals surface area (Å²) in [5.74, 6) is 1.77. The third-order valence-electron chi connectivity index (χ3n) is 18.0. The number of allylic oxidation sites excluding steroid dienone is 4. The van der Waals surface area contributed by atoms with Gasteiger partial charge in [-0.15, -0.1) is 5.92 Å². The van der Waals surface area contributed by atoms with Crippen LogP contribution >= 0.6 is 0 Å². The van der Waals surface area contributed by atoms with Crippen molar-refractivity contribution in [1.82, 2.24) is 16.0 Å². The van der Waals surface area contributed by atoms with E-state index in [9.17, 15) is 38.7 Å². The summed E-state index contributed by atoms with van der Waals surface area (Å²) in [6.45, 7) is 10.1. The third-order valence-corrected chi connectivity index (χ3v) is 18.0. The number of anilines is 2. The number of fused-ring (bicyclic) bond motifs is 7. The molecule has 2 aromatic rings. The average molecular weight is 1170 g/mol. The number of benzene rings is 2. The minimum Gasteiger partial charge on any atom is -0.486 e. The topological polar surface area (TPSA) is 272 Å². The van der Waals surface area contributed by atoms with Crippen LogP contribution in [0, 0.1) is 40.4 Å². The number of alkyl halides is 2. The predicted octanol–water partition coefficient (Wildman–Crippen LogP) is 7.14. The van der Waals surface area contributed by atoms with E-state index in [-0.39, 0.29) is 56.0 Å². The first kappa shape index (κ1) is 63.5. The molecule has 6 aliphatic rings. The second-order valence-electron chi connectivity index (χ2n) is 24.0. The first-order valence-electron chi connectivity index (χ1n) is 29.6. The molecule has 8 N–H and O–H groups in total. The fourth-order valence-corrected chi connectivity index (χ4v) is 13.4. The number of hydrogen-bond donors (Lipinski definition) is 7. The zero-order valence-electron chi connectivity index (χ0n) is 48.9. The number of ketones is 2. The van der Waals surface area contributed by atoms with Crippen LogP contribution in [0.5, 0.6) is 5.75 Å². The van der Waals surface area contributed by atoms with Gasteiger partial charge in [-0.2, -0.15) is 0 Å². The summed E-state index contributed by atoms with van der Waals surface area (Å²) in [7, 11) is 0. The Bertz CT molecular complexity index is 2880. The van der Waals surface area contributed by atoms with Crippen LogP contribution in [0.3, 0.4) is 0 Å². The van der Waals surface area contributed by atoms with E-state index < -0.39 is 119 Å². The van der Waals surface area contributed by atoms with Crippen LogP contribution in [-0.2, 0) is 54.3 Å². The minimum absolute atomic E-state index is 0.0150. The summed E-state index contributed by atoms with van der Waals surface area (Å²) in [6, 6.07) is 9.92. The molecule has 8 rings (SSSR count). The maximum absolute atomic E-state index is 17.9. The first-order chi connectivity index (χ1) is 40.0. The monoisotopic (exact) mass is 1170 g/mol. The van der Waals surface area contributed by atoms with Crippen molar-refractivity contribution in [1.29, 1.82) is 0 Å². The number of rotatable bonds is 24. The summed E-state index contributed by atoms with van der Waals surface area (Å²) in [6.07, 6.45) is 5.21. The molecule has 3 unspecified atom stereocenters. The molecule has 3 saturated carbocycles. The molecule has 1 saturated heterocycles. The second-order valence-corrected chi connectivity index (χ2v) is 24.0. The molecule has 0 radical (unpaired) electrons. The highest BCUT2D eigenvalue weighted by Gasteiger charge is 2.80. The van der Waals surface area contributed by atoms with E-state index >= 15 is 8.78 Å². The lowest BCUT2D eigenvalue weighted by molar-refractivity contribution is -0.234. The van der Waals surface area contributed by atoms with Crippen LogP contribution in [0.2, 0.25) is 0 Å². The molecule has 456 valence electrons. The Labute approximate surface area is 490 Å². The Kier molecular flexibility index (Phi) is 20.6. The van der Waals surface area contributed by atoms with Crippen molar-refractivity contribution in [2.45, 2.75) is 192 Å². The molecule has 0 aromatic heterocycles. The molecule has 2 aromatic carbocycles. The number of halogens is 2. The molecule has 1 aliphatic heterocycles. The Morgan fingerprint density at radius 1 is 0.893 bits per heavy atom. The highest BCUT2D eigenvalue weighted by Crippen LogP contribution is 2.72. The molecule has 0 bridgehead atoms. The average Bonchev–Trinajstić information content (AvgIpc) is 1.41. The van der Waals surface area contributed by atoms with Crippen molar-refractivity contribution in [2.75, 3.05) is 30.4 Å².